The summed E-state index contributed by atoms with van der Waals surface area (Å²) in [4.78, 5) is 25.0. The first-order valence-electron chi connectivity index (χ1n) is 5.63. The number of hydrogen-bond donors (Lipinski definition) is 2. The zero-order chi connectivity index (χ0) is 14.3. The molecule has 0 aliphatic heterocycles. The summed E-state index contributed by atoms with van der Waals surface area (Å²) < 4.78 is 0. The van der Waals surface area contributed by atoms with Crippen LogP contribution in [0.25, 0.3) is 0 Å². The highest BCUT2D eigenvalue weighted by molar-refractivity contribution is 5.80. The third-order valence-corrected chi connectivity index (χ3v) is 2.19. The van der Waals surface area contributed by atoms with Gasteiger partial charge in [0, 0.05) is 12.6 Å². The Balaban J connectivity index is 2.71. The van der Waals surface area contributed by atoms with Gasteiger partial charge >= 0.3 is 0 Å². The molecule has 1 amide bonds. The molecule has 8 nitrogen and oxygen atoms in total. The molecule has 0 fully saturated rings. The van der Waals surface area contributed by atoms with Crippen LogP contribution in [0.1, 0.15) is 18.9 Å². The van der Waals surface area contributed by atoms with Gasteiger partial charge in [-0.25, -0.2) is 4.98 Å². The molecular formula is C11H13N5O3. The molecule has 0 saturated carbocycles. The number of nitrogens with zero attached hydrogens (tertiary/aromatic N) is 3. The summed E-state index contributed by atoms with van der Waals surface area (Å²) in [6.45, 7) is 2.46. The maximum absolute atomic E-state index is 11.4. The first kappa shape index (κ1) is 14.4. The van der Waals surface area contributed by atoms with E-state index in [1.165, 1.54) is 0 Å². The Labute approximate surface area is 109 Å². The molecule has 0 bridgehead atoms. The van der Waals surface area contributed by atoms with Gasteiger partial charge < -0.3 is 10.6 Å². The number of nitro groups is 1. The quantitative estimate of drug-likeness (QED) is 0.578. The fourth-order valence-electron chi connectivity index (χ4n) is 1.27. The molecule has 1 aromatic heterocycles. The molecule has 0 unspecified atom stereocenters. The Morgan fingerprint density at radius 3 is 2.95 bits per heavy atom. The number of carbonyl (C=O) groups is 1. The van der Waals surface area contributed by atoms with E-state index >= 15 is 0 Å². The Bertz CT molecular complexity index is 524. The highest BCUT2D eigenvalue weighted by Gasteiger charge is 2.12. The Kier molecular flexibility index (Phi) is 5.22. The molecule has 8 heteroatoms. The van der Waals surface area contributed by atoms with Gasteiger partial charge in [0.2, 0.25) is 5.91 Å². The minimum absolute atomic E-state index is 0.0255. The van der Waals surface area contributed by atoms with Crippen LogP contribution in [0.3, 0.4) is 0 Å². The fraction of sp³-hybridized carbons (Fsp3) is 0.364. The first-order chi connectivity index (χ1) is 9.08. The summed E-state index contributed by atoms with van der Waals surface area (Å²) in [6, 6.07) is 2.91. The van der Waals surface area contributed by atoms with Crippen LogP contribution in [0.15, 0.2) is 12.3 Å². The molecule has 0 aliphatic rings. The molecule has 19 heavy (non-hydrogen) atoms. The second-order valence-electron chi connectivity index (χ2n) is 3.66. The number of rotatable bonds is 6. The molecule has 100 valence electrons. The van der Waals surface area contributed by atoms with Crippen molar-refractivity contribution in [1.29, 1.82) is 5.26 Å². The number of hydrogen-bond acceptors (Lipinski definition) is 6. The first-order valence-corrected chi connectivity index (χ1v) is 5.63. The number of amides is 1. The number of nitrogens with one attached hydrogen (secondary N) is 2. The zero-order valence-electron chi connectivity index (χ0n) is 10.3. The predicted molar refractivity (Wildman–Crippen MR) is 67.4 cm³/mol. The second kappa shape index (κ2) is 6.90. The summed E-state index contributed by atoms with van der Waals surface area (Å²) in [5.41, 5.74) is -0.241. The van der Waals surface area contributed by atoms with Crippen LogP contribution in [0.2, 0.25) is 0 Å². The van der Waals surface area contributed by atoms with Crippen molar-refractivity contribution in [3.05, 3.63) is 27.9 Å². The Morgan fingerprint density at radius 2 is 2.37 bits per heavy atom. The van der Waals surface area contributed by atoms with Gasteiger partial charge in [0.15, 0.2) is 0 Å². The molecule has 0 atom stereocenters. The third-order valence-electron chi connectivity index (χ3n) is 2.19. The number of anilines is 1. The van der Waals surface area contributed by atoms with Crippen molar-refractivity contribution in [3.63, 3.8) is 0 Å². The van der Waals surface area contributed by atoms with E-state index in [1.807, 2.05) is 6.92 Å². The fourth-order valence-corrected chi connectivity index (χ4v) is 1.27. The molecule has 0 aromatic carbocycles. The van der Waals surface area contributed by atoms with E-state index in [1.54, 1.807) is 6.07 Å². The van der Waals surface area contributed by atoms with Gasteiger partial charge in [0.1, 0.15) is 23.6 Å². The van der Waals surface area contributed by atoms with Crippen molar-refractivity contribution in [3.8, 4) is 6.07 Å². The van der Waals surface area contributed by atoms with Crippen LogP contribution in [0.5, 0.6) is 0 Å². The van der Waals surface area contributed by atoms with Crippen LogP contribution >= 0.6 is 0 Å². The van der Waals surface area contributed by atoms with Crippen LogP contribution in [0, 0.1) is 21.4 Å². The molecule has 1 heterocycles. The van der Waals surface area contributed by atoms with Gasteiger partial charge in [0.05, 0.1) is 11.5 Å². The number of aromatic nitrogens is 1. The van der Waals surface area contributed by atoms with Crippen molar-refractivity contribution in [2.24, 2.45) is 0 Å². The van der Waals surface area contributed by atoms with E-state index in [-0.39, 0.29) is 29.5 Å². The molecule has 0 saturated heterocycles. The number of carbonyl (C=O) groups excluding carboxylic acids is 1. The largest absolute Gasteiger partial charge is 0.360 e. The average molecular weight is 263 g/mol. The minimum Gasteiger partial charge on any atom is -0.360 e. The second-order valence-corrected chi connectivity index (χ2v) is 3.66. The average Bonchev–Trinajstić information content (AvgIpc) is 2.42. The monoisotopic (exact) mass is 263 g/mol. The number of pyridine rings is 1. The maximum atomic E-state index is 11.4. The maximum Gasteiger partial charge on any atom is 0.289 e. The Hall–Kier alpha value is -2.69. The number of nitriles is 1. The van der Waals surface area contributed by atoms with Crippen LogP contribution in [0.4, 0.5) is 11.5 Å². The van der Waals surface area contributed by atoms with Crippen molar-refractivity contribution in [2.75, 3.05) is 18.4 Å². The summed E-state index contributed by atoms with van der Waals surface area (Å²) in [7, 11) is 0. The van der Waals surface area contributed by atoms with Gasteiger partial charge in [-0.3, -0.25) is 14.9 Å². The lowest BCUT2D eigenvalue weighted by molar-refractivity contribution is -0.385. The van der Waals surface area contributed by atoms with E-state index in [9.17, 15) is 14.9 Å². The van der Waals surface area contributed by atoms with Gasteiger partial charge in [0.25, 0.3) is 5.69 Å². The molecule has 0 spiro atoms. The van der Waals surface area contributed by atoms with Crippen molar-refractivity contribution in [2.45, 2.75) is 13.3 Å². The highest BCUT2D eigenvalue weighted by atomic mass is 16.6. The minimum atomic E-state index is -0.633. The molecule has 0 aliphatic carbocycles. The molecule has 1 aromatic rings. The van der Waals surface area contributed by atoms with Crippen LogP contribution in [-0.2, 0) is 4.79 Å². The van der Waals surface area contributed by atoms with Crippen molar-refractivity contribution in [1.82, 2.24) is 10.3 Å². The lowest BCUT2D eigenvalue weighted by Crippen LogP contribution is -2.30. The molecular weight excluding hydrogens is 250 g/mol. The van der Waals surface area contributed by atoms with E-state index in [2.05, 4.69) is 15.6 Å². The highest BCUT2D eigenvalue weighted by Crippen LogP contribution is 2.17. The molecule has 1 rings (SSSR count). The summed E-state index contributed by atoms with van der Waals surface area (Å²) in [5, 5.41) is 24.7. The normalized spacial score (nSPS) is 9.47. The van der Waals surface area contributed by atoms with Gasteiger partial charge in [-0.05, 0) is 6.42 Å². The van der Waals surface area contributed by atoms with Crippen molar-refractivity contribution >= 4 is 17.4 Å². The SMILES string of the molecule is CCCNC(=O)CNc1ncc([N+](=O)[O-])cc1C#N. The summed E-state index contributed by atoms with van der Waals surface area (Å²) in [6.07, 6.45) is 1.86. The smallest absolute Gasteiger partial charge is 0.289 e. The summed E-state index contributed by atoms with van der Waals surface area (Å²) >= 11 is 0. The van der Waals surface area contributed by atoms with Crippen LogP contribution in [-0.4, -0.2) is 28.9 Å². The topological polar surface area (TPSA) is 121 Å². The van der Waals surface area contributed by atoms with Crippen LogP contribution < -0.4 is 10.6 Å². The molecule has 2 N–H and O–H groups in total. The third kappa shape index (κ3) is 4.23. The summed E-state index contributed by atoms with van der Waals surface area (Å²) in [5.74, 6) is -0.0781. The van der Waals surface area contributed by atoms with E-state index in [0.717, 1.165) is 18.7 Å². The van der Waals surface area contributed by atoms with E-state index in [4.69, 9.17) is 5.26 Å². The lowest BCUT2D eigenvalue weighted by Gasteiger charge is -2.07. The lowest BCUT2D eigenvalue weighted by atomic mass is 10.2. The predicted octanol–water partition coefficient (Wildman–Crippen LogP) is 0.800. The van der Waals surface area contributed by atoms with Crippen molar-refractivity contribution < 1.29 is 9.72 Å². The van der Waals surface area contributed by atoms with Gasteiger partial charge in [-0.2, -0.15) is 5.26 Å². The Morgan fingerprint density at radius 1 is 1.63 bits per heavy atom. The standard InChI is InChI=1S/C11H13N5O3/c1-2-3-13-10(17)7-15-11-8(5-12)4-9(6-14-11)16(18)19/h4,6H,2-3,7H2,1H3,(H,13,17)(H,14,15). The van der Waals surface area contributed by atoms with Gasteiger partial charge in [-0.15, -0.1) is 0 Å². The molecule has 0 radical (unpaired) electrons. The zero-order valence-corrected chi connectivity index (χ0v) is 10.3. The van der Waals surface area contributed by atoms with E-state index < -0.39 is 4.92 Å². The van der Waals surface area contributed by atoms with E-state index in [0.29, 0.717) is 6.54 Å². The van der Waals surface area contributed by atoms with Gasteiger partial charge in [-0.1, -0.05) is 6.92 Å².